The van der Waals surface area contributed by atoms with Gasteiger partial charge in [-0.3, -0.25) is 9.59 Å². The van der Waals surface area contributed by atoms with Gasteiger partial charge in [-0.2, -0.15) is 0 Å². The van der Waals surface area contributed by atoms with E-state index in [2.05, 4.69) is 46.9 Å². The van der Waals surface area contributed by atoms with Crippen LogP contribution in [0.4, 0.5) is 5.69 Å². The molecule has 2 aromatic carbocycles. The molecule has 10 heteroatoms. The van der Waals surface area contributed by atoms with Crippen LogP contribution in [0.2, 0.25) is 5.02 Å². The molecular weight excluding hydrogens is 670 g/mol. The molecule has 50 heavy (non-hydrogen) atoms. The maximum Gasteiger partial charge on any atom is 0.219 e. The molecule has 0 spiro atoms. The lowest BCUT2D eigenvalue weighted by molar-refractivity contribution is -0.127. The number of hydrogen-bond donors (Lipinski definition) is 2. The van der Waals surface area contributed by atoms with Crippen molar-refractivity contribution in [2.24, 2.45) is 11.8 Å². The van der Waals surface area contributed by atoms with Crippen LogP contribution in [0.3, 0.4) is 0 Å². The number of carbonyl (C=O) groups excluding carboxylic acids is 2. The van der Waals surface area contributed by atoms with E-state index in [4.69, 9.17) is 21.1 Å². The van der Waals surface area contributed by atoms with E-state index in [-0.39, 0.29) is 17.9 Å². The number of halogens is 1. The lowest BCUT2D eigenvalue weighted by Gasteiger charge is -2.43. The van der Waals surface area contributed by atoms with Gasteiger partial charge in [-0.15, -0.1) is 0 Å². The Morgan fingerprint density at radius 3 is 2.56 bits per heavy atom. The van der Waals surface area contributed by atoms with Gasteiger partial charge in [0.1, 0.15) is 5.75 Å². The number of benzene rings is 2. The SMILES string of the molecule is CC.CCCc1cc(Cl)ccc1C1COc2ccc(C(C)O)cc2N(CC2CCC2C(/C=C/CCN(C)C(C)=O)OC)C1.O=CNSC1CC1. The van der Waals surface area contributed by atoms with Crippen LogP contribution in [0.1, 0.15) is 102 Å². The highest BCUT2D eigenvalue weighted by atomic mass is 35.5. The molecule has 1 aliphatic heterocycles. The molecule has 2 aliphatic carbocycles. The Labute approximate surface area is 310 Å². The smallest absolute Gasteiger partial charge is 0.219 e. The van der Waals surface area contributed by atoms with Gasteiger partial charge < -0.3 is 29.1 Å². The number of amides is 2. The quantitative estimate of drug-likeness (QED) is 0.108. The number of hydrogen-bond acceptors (Lipinski definition) is 7. The van der Waals surface area contributed by atoms with E-state index in [9.17, 15) is 14.7 Å². The molecule has 1 heterocycles. The summed E-state index contributed by atoms with van der Waals surface area (Å²) in [5.74, 6) is 2.06. The van der Waals surface area contributed by atoms with Gasteiger partial charge in [0, 0.05) is 56.9 Å². The molecular formula is C40H60ClN3O5S. The van der Waals surface area contributed by atoms with Crippen LogP contribution >= 0.6 is 23.5 Å². The summed E-state index contributed by atoms with van der Waals surface area (Å²) in [6.45, 7) is 12.6. The molecule has 5 rings (SSSR count). The molecule has 8 nitrogen and oxygen atoms in total. The predicted molar refractivity (Wildman–Crippen MR) is 208 cm³/mol. The number of ether oxygens (including phenoxy) is 2. The second kappa shape index (κ2) is 21.6. The summed E-state index contributed by atoms with van der Waals surface area (Å²) in [7, 11) is 3.63. The van der Waals surface area contributed by atoms with Crippen LogP contribution in [-0.4, -0.2) is 74.1 Å². The third kappa shape index (κ3) is 12.5. The first kappa shape index (κ1) is 41.7. The van der Waals surface area contributed by atoms with Crippen LogP contribution in [-0.2, 0) is 20.7 Å². The Balaban J connectivity index is 0.000000659. The topological polar surface area (TPSA) is 91.3 Å². The number of carbonyl (C=O) groups is 2. The number of aliphatic hydroxyl groups excluding tert-OH is 1. The lowest BCUT2D eigenvalue weighted by atomic mass is 9.70. The zero-order chi connectivity index (χ0) is 36.6. The molecule has 2 saturated carbocycles. The Morgan fingerprint density at radius 2 is 1.96 bits per heavy atom. The fourth-order valence-corrected chi connectivity index (χ4v) is 7.30. The van der Waals surface area contributed by atoms with Crippen molar-refractivity contribution in [3.05, 3.63) is 70.3 Å². The van der Waals surface area contributed by atoms with Crippen molar-refractivity contribution in [2.45, 2.75) is 103 Å². The summed E-state index contributed by atoms with van der Waals surface area (Å²) in [6, 6.07) is 12.4. The van der Waals surface area contributed by atoms with E-state index < -0.39 is 6.10 Å². The molecule has 2 aromatic rings. The average Bonchev–Trinajstić information content (AvgIpc) is 3.95. The van der Waals surface area contributed by atoms with Crippen molar-refractivity contribution >= 4 is 41.6 Å². The van der Waals surface area contributed by atoms with Gasteiger partial charge in [-0.05, 0) is 110 Å². The number of nitrogens with zero attached hydrogens (tertiary/aromatic N) is 2. The van der Waals surface area contributed by atoms with Gasteiger partial charge in [-0.25, -0.2) is 0 Å². The van der Waals surface area contributed by atoms with E-state index in [0.29, 0.717) is 25.0 Å². The van der Waals surface area contributed by atoms with E-state index in [0.717, 1.165) is 78.9 Å². The molecule has 278 valence electrons. The number of aliphatic hydroxyl groups is 1. The fourth-order valence-electron chi connectivity index (χ4n) is 6.49. The minimum Gasteiger partial charge on any atom is -0.491 e. The van der Waals surface area contributed by atoms with Gasteiger partial charge in [0.15, 0.2) is 0 Å². The molecule has 0 aromatic heterocycles. The standard InChI is InChI=1S/C34H47ClN2O4.C4H7NOS.C2H6/c1-6-9-26-18-29(35)13-15-30(26)28-21-37(32-19-25(23(2)38)12-16-34(32)41-22-28)20-27-11-14-31(27)33(40-5)10-7-8-17-36(4)24(3)39;6-3-5-7-4-1-2-4;1-2/h7,10,12-13,15-16,18-19,23,27-28,31,33,38H,6,8-9,11,14,17,20-22H2,1-5H3;3-4H,1-2H2,(H,5,6);1-2H3/b10-7+;;. The van der Waals surface area contributed by atoms with E-state index in [1.165, 1.54) is 35.9 Å². The lowest BCUT2D eigenvalue weighted by Crippen LogP contribution is -2.44. The number of fused-ring (bicyclic) bond motifs is 1. The summed E-state index contributed by atoms with van der Waals surface area (Å²) < 4.78 is 15.0. The van der Waals surface area contributed by atoms with Crippen LogP contribution in [0.5, 0.6) is 5.75 Å². The Morgan fingerprint density at radius 1 is 1.20 bits per heavy atom. The predicted octanol–water partition coefficient (Wildman–Crippen LogP) is 8.36. The molecule has 5 unspecified atom stereocenters. The van der Waals surface area contributed by atoms with E-state index in [1.807, 2.05) is 46.0 Å². The summed E-state index contributed by atoms with van der Waals surface area (Å²) >= 11 is 7.93. The number of aryl methyl sites for hydroxylation is 1. The molecule has 2 fully saturated rings. The number of anilines is 1. The van der Waals surface area contributed by atoms with Gasteiger partial charge in [0.2, 0.25) is 12.3 Å². The van der Waals surface area contributed by atoms with Crippen molar-refractivity contribution in [3.8, 4) is 5.75 Å². The van der Waals surface area contributed by atoms with Gasteiger partial charge in [-0.1, -0.05) is 63.1 Å². The Kier molecular flexibility index (Phi) is 18.0. The molecule has 5 atom stereocenters. The van der Waals surface area contributed by atoms with Crippen molar-refractivity contribution in [3.63, 3.8) is 0 Å². The van der Waals surface area contributed by atoms with E-state index in [1.54, 1.807) is 18.9 Å². The zero-order valence-corrected chi connectivity index (χ0v) is 32.8. The van der Waals surface area contributed by atoms with E-state index >= 15 is 0 Å². The summed E-state index contributed by atoms with van der Waals surface area (Å²) in [5.41, 5.74) is 4.56. The molecule has 0 saturated heterocycles. The third-order valence-corrected chi connectivity index (χ3v) is 11.0. The highest BCUT2D eigenvalue weighted by Crippen LogP contribution is 2.43. The maximum absolute atomic E-state index is 11.5. The van der Waals surface area contributed by atoms with Gasteiger partial charge >= 0.3 is 0 Å². The van der Waals surface area contributed by atoms with Crippen molar-refractivity contribution in [2.75, 3.05) is 45.3 Å². The van der Waals surface area contributed by atoms with Crippen LogP contribution in [0.25, 0.3) is 0 Å². The first-order chi connectivity index (χ1) is 24.1. The third-order valence-electron chi connectivity index (χ3n) is 9.68. The Hall–Kier alpha value is -2.72. The highest BCUT2D eigenvalue weighted by Gasteiger charge is 2.38. The second-order valence-electron chi connectivity index (χ2n) is 13.3. The zero-order valence-electron chi connectivity index (χ0n) is 31.2. The normalized spacial score (nSPS) is 20.7. The van der Waals surface area contributed by atoms with Crippen LogP contribution in [0, 0.1) is 11.8 Å². The minimum atomic E-state index is -0.546. The average molecular weight is 730 g/mol. The van der Waals surface area contributed by atoms with Crippen molar-refractivity contribution in [1.82, 2.24) is 9.62 Å². The van der Waals surface area contributed by atoms with Crippen molar-refractivity contribution in [1.29, 1.82) is 0 Å². The summed E-state index contributed by atoms with van der Waals surface area (Å²) in [4.78, 5) is 25.3. The number of nitrogens with one attached hydrogen (secondary N) is 1. The van der Waals surface area contributed by atoms with Crippen molar-refractivity contribution < 1.29 is 24.2 Å². The summed E-state index contributed by atoms with van der Waals surface area (Å²) in [6.07, 6.45) is 12.2. The molecule has 0 bridgehead atoms. The van der Waals surface area contributed by atoms with Gasteiger partial charge in [0.05, 0.1) is 24.5 Å². The summed E-state index contributed by atoms with van der Waals surface area (Å²) in [5, 5.41) is 11.9. The maximum atomic E-state index is 11.5. The minimum absolute atomic E-state index is 0.0473. The van der Waals surface area contributed by atoms with Crippen LogP contribution in [0.15, 0.2) is 48.6 Å². The van der Waals surface area contributed by atoms with Gasteiger partial charge in [0.25, 0.3) is 0 Å². The monoisotopic (exact) mass is 729 g/mol. The highest BCUT2D eigenvalue weighted by molar-refractivity contribution is 7.98. The van der Waals surface area contributed by atoms with Crippen LogP contribution < -0.4 is 14.4 Å². The second-order valence-corrected chi connectivity index (χ2v) is 14.9. The first-order valence-corrected chi connectivity index (χ1v) is 19.6. The molecule has 3 aliphatic rings. The Bertz CT molecular complexity index is 1370. The molecule has 2 N–H and O–H groups in total. The number of methoxy groups -OCH3 is 1. The fraction of sp³-hybridized carbons (Fsp3) is 0.600. The number of rotatable bonds is 15. The largest absolute Gasteiger partial charge is 0.491 e. The molecule has 2 amide bonds. The first-order valence-electron chi connectivity index (χ1n) is 18.4. The molecule has 0 radical (unpaired) electrons.